The number of hydrogen-bond donors (Lipinski definition) is 1. The molecule has 2 aromatic rings. The maximum atomic E-state index is 13.6. The maximum Gasteiger partial charge on any atom is 0.433 e. The summed E-state index contributed by atoms with van der Waals surface area (Å²) in [6.45, 7) is 1.28. The number of benzene rings is 1. The lowest BCUT2D eigenvalue weighted by atomic mass is 10.1. The molecule has 0 aliphatic carbocycles. The molecule has 0 saturated carbocycles. The molecule has 1 N–H and O–H groups in total. The molecule has 8 heteroatoms. The fourth-order valence-corrected chi connectivity index (χ4v) is 2.07. The summed E-state index contributed by atoms with van der Waals surface area (Å²) in [6, 6.07) is 5.74. The van der Waals surface area contributed by atoms with E-state index in [9.17, 15) is 22.4 Å². The van der Waals surface area contributed by atoms with Gasteiger partial charge in [0.05, 0.1) is 16.9 Å². The van der Waals surface area contributed by atoms with E-state index in [-0.39, 0.29) is 16.9 Å². The van der Waals surface area contributed by atoms with Crippen LogP contribution in [0.4, 0.5) is 23.2 Å². The number of carbonyl (C=O) groups is 1. The highest BCUT2D eigenvalue weighted by molar-refractivity contribution is 9.10. The van der Waals surface area contributed by atoms with Crippen molar-refractivity contribution in [1.29, 1.82) is 0 Å². The van der Waals surface area contributed by atoms with Gasteiger partial charge < -0.3 is 5.32 Å². The first-order valence-electron chi connectivity index (χ1n) is 5.99. The molecule has 0 aliphatic rings. The average molecular weight is 377 g/mol. The first-order valence-corrected chi connectivity index (χ1v) is 6.79. The zero-order chi connectivity index (χ0) is 16.5. The van der Waals surface area contributed by atoms with E-state index >= 15 is 0 Å². The number of alkyl halides is 3. The summed E-state index contributed by atoms with van der Waals surface area (Å²) in [5.74, 6) is -1.40. The lowest BCUT2D eigenvalue weighted by molar-refractivity contribution is -0.141. The van der Waals surface area contributed by atoms with Crippen molar-refractivity contribution in [3.63, 3.8) is 0 Å². The van der Waals surface area contributed by atoms with Gasteiger partial charge in [-0.05, 0) is 37.3 Å². The van der Waals surface area contributed by atoms with Gasteiger partial charge in [0.25, 0.3) is 5.91 Å². The van der Waals surface area contributed by atoms with Crippen molar-refractivity contribution >= 4 is 27.5 Å². The molecule has 1 heterocycles. The SMILES string of the molecule is Cc1nc(C(F)(F)F)ccc1C(=O)Nc1ccc(Br)cc1F. The van der Waals surface area contributed by atoms with Crippen LogP contribution < -0.4 is 5.32 Å². The number of nitrogens with one attached hydrogen (secondary N) is 1. The highest BCUT2D eigenvalue weighted by atomic mass is 79.9. The molecule has 0 radical (unpaired) electrons. The molecule has 0 fully saturated rings. The lowest BCUT2D eigenvalue weighted by Crippen LogP contribution is -2.17. The van der Waals surface area contributed by atoms with Crippen molar-refractivity contribution in [3.05, 3.63) is 57.6 Å². The van der Waals surface area contributed by atoms with Gasteiger partial charge in [-0.15, -0.1) is 0 Å². The predicted octanol–water partition coefficient (Wildman–Crippen LogP) is 4.56. The Labute approximate surface area is 131 Å². The van der Waals surface area contributed by atoms with E-state index in [1.165, 1.54) is 19.1 Å². The third kappa shape index (κ3) is 3.62. The number of pyridine rings is 1. The summed E-state index contributed by atoms with van der Waals surface area (Å²) in [5.41, 5.74) is -1.32. The average Bonchev–Trinajstić information content (AvgIpc) is 2.40. The third-order valence-electron chi connectivity index (χ3n) is 2.80. The maximum absolute atomic E-state index is 13.6. The molecule has 0 spiro atoms. The molecule has 1 amide bonds. The first-order chi connectivity index (χ1) is 10.2. The number of nitrogens with zero attached hydrogens (tertiary/aromatic N) is 1. The van der Waals surface area contributed by atoms with E-state index in [4.69, 9.17) is 0 Å². The van der Waals surface area contributed by atoms with Gasteiger partial charge in [0.15, 0.2) is 0 Å². The van der Waals surface area contributed by atoms with Gasteiger partial charge in [-0.25, -0.2) is 9.37 Å². The van der Waals surface area contributed by atoms with Crippen LogP contribution in [0.5, 0.6) is 0 Å². The van der Waals surface area contributed by atoms with E-state index in [1.54, 1.807) is 0 Å². The highest BCUT2D eigenvalue weighted by Crippen LogP contribution is 2.28. The van der Waals surface area contributed by atoms with Crippen LogP contribution in [0.15, 0.2) is 34.8 Å². The molecule has 3 nitrogen and oxygen atoms in total. The zero-order valence-corrected chi connectivity index (χ0v) is 12.7. The Morgan fingerprint density at radius 2 is 1.91 bits per heavy atom. The van der Waals surface area contributed by atoms with Crippen LogP contribution >= 0.6 is 15.9 Å². The van der Waals surface area contributed by atoms with E-state index in [1.807, 2.05) is 0 Å². The molecule has 1 aromatic heterocycles. The summed E-state index contributed by atoms with van der Waals surface area (Å²) in [7, 11) is 0. The Bertz CT molecular complexity index is 731. The van der Waals surface area contributed by atoms with Crippen molar-refractivity contribution in [2.24, 2.45) is 0 Å². The number of anilines is 1. The topological polar surface area (TPSA) is 42.0 Å². The van der Waals surface area contributed by atoms with Crippen LogP contribution in [0.2, 0.25) is 0 Å². The second kappa shape index (κ2) is 6.04. The van der Waals surface area contributed by atoms with Crippen molar-refractivity contribution in [3.8, 4) is 0 Å². The number of aryl methyl sites for hydroxylation is 1. The van der Waals surface area contributed by atoms with Gasteiger partial charge in [0.2, 0.25) is 0 Å². The minimum atomic E-state index is -4.59. The molecule has 0 bridgehead atoms. The van der Waals surface area contributed by atoms with Crippen molar-refractivity contribution in [2.45, 2.75) is 13.1 Å². The Balaban J connectivity index is 2.26. The minimum Gasteiger partial charge on any atom is -0.319 e. The molecular weight excluding hydrogens is 368 g/mol. The normalized spacial score (nSPS) is 11.4. The summed E-state index contributed by atoms with van der Waals surface area (Å²) >= 11 is 3.08. The summed E-state index contributed by atoms with van der Waals surface area (Å²) in [5, 5.41) is 2.30. The molecule has 0 saturated heterocycles. The Hall–Kier alpha value is -1.96. The smallest absolute Gasteiger partial charge is 0.319 e. The van der Waals surface area contributed by atoms with Crippen LogP contribution in [-0.2, 0) is 6.18 Å². The summed E-state index contributed by atoms with van der Waals surface area (Å²) in [4.78, 5) is 15.4. The zero-order valence-electron chi connectivity index (χ0n) is 11.1. The first kappa shape index (κ1) is 16.4. The van der Waals surface area contributed by atoms with Crippen molar-refractivity contribution in [1.82, 2.24) is 4.98 Å². The Morgan fingerprint density at radius 3 is 2.45 bits per heavy atom. The molecule has 116 valence electrons. The van der Waals surface area contributed by atoms with Crippen molar-refractivity contribution < 1.29 is 22.4 Å². The van der Waals surface area contributed by atoms with Crippen LogP contribution in [0, 0.1) is 12.7 Å². The van der Waals surface area contributed by atoms with Gasteiger partial charge in [0.1, 0.15) is 11.5 Å². The van der Waals surface area contributed by atoms with E-state index in [0.29, 0.717) is 10.5 Å². The minimum absolute atomic E-state index is 0.0599. The van der Waals surface area contributed by atoms with Crippen LogP contribution in [0.25, 0.3) is 0 Å². The van der Waals surface area contributed by atoms with E-state index < -0.39 is 23.6 Å². The van der Waals surface area contributed by atoms with Crippen molar-refractivity contribution in [2.75, 3.05) is 5.32 Å². The largest absolute Gasteiger partial charge is 0.433 e. The van der Waals surface area contributed by atoms with Gasteiger partial charge >= 0.3 is 6.18 Å². The number of hydrogen-bond acceptors (Lipinski definition) is 2. The molecule has 2 rings (SSSR count). The van der Waals surface area contributed by atoms with Gasteiger partial charge in [-0.3, -0.25) is 4.79 Å². The molecule has 0 atom stereocenters. The number of aromatic nitrogens is 1. The second-order valence-corrected chi connectivity index (χ2v) is 5.32. The third-order valence-corrected chi connectivity index (χ3v) is 3.29. The molecule has 1 aromatic carbocycles. The van der Waals surface area contributed by atoms with E-state index in [2.05, 4.69) is 26.2 Å². The second-order valence-electron chi connectivity index (χ2n) is 4.41. The monoisotopic (exact) mass is 376 g/mol. The van der Waals surface area contributed by atoms with Gasteiger partial charge in [0, 0.05) is 4.47 Å². The molecule has 0 aliphatic heterocycles. The van der Waals surface area contributed by atoms with Crippen LogP contribution in [0.3, 0.4) is 0 Å². The lowest BCUT2D eigenvalue weighted by Gasteiger charge is -2.11. The number of amides is 1. The Kier molecular flexibility index (Phi) is 4.50. The predicted molar refractivity (Wildman–Crippen MR) is 76.0 cm³/mol. The summed E-state index contributed by atoms with van der Waals surface area (Å²) in [6.07, 6.45) is -4.59. The standard InChI is InChI=1S/C14H9BrF4N2O/c1-7-9(3-5-12(20-7)14(17,18)19)13(22)21-11-4-2-8(15)6-10(11)16/h2-6H,1H3,(H,21,22). The van der Waals surface area contributed by atoms with Crippen LogP contribution in [-0.4, -0.2) is 10.9 Å². The van der Waals surface area contributed by atoms with Crippen LogP contribution in [0.1, 0.15) is 21.7 Å². The van der Waals surface area contributed by atoms with E-state index in [0.717, 1.165) is 12.1 Å². The molecular formula is C14H9BrF4N2O. The summed E-state index contributed by atoms with van der Waals surface area (Å²) < 4.78 is 51.7. The quantitative estimate of drug-likeness (QED) is 0.780. The molecule has 22 heavy (non-hydrogen) atoms. The number of carbonyl (C=O) groups excluding carboxylic acids is 1. The number of halogens is 5. The van der Waals surface area contributed by atoms with Gasteiger partial charge in [-0.2, -0.15) is 13.2 Å². The number of rotatable bonds is 2. The van der Waals surface area contributed by atoms with Gasteiger partial charge in [-0.1, -0.05) is 15.9 Å². The highest BCUT2D eigenvalue weighted by Gasteiger charge is 2.33. The fourth-order valence-electron chi connectivity index (χ4n) is 1.74. The Morgan fingerprint density at radius 1 is 1.23 bits per heavy atom. The fraction of sp³-hybridized carbons (Fsp3) is 0.143. The molecule has 0 unspecified atom stereocenters.